The molecule has 0 aromatic carbocycles. The molecule has 2 unspecified atom stereocenters. The van der Waals surface area contributed by atoms with Gasteiger partial charge < -0.3 is 9.47 Å². The first-order valence-corrected chi connectivity index (χ1v) is 10.5. The van der Waals surface area contributed by atoms with Crippen LogP contribution >= 0.6 is 95.6 Å². The molecule has 0 spiro atoms. The summed E-state index contributed by atoms with van der Waals surface area (Å²) in [6.07, 6.45) is -1.62. The van der Waals surface area contributed by atoms with E-state index in [1.165, 1.54) is 0 Å². The van der Waals surface area contributed by atoms with Gasteiger partial charge in [0, 0.05) is 0 Å². The van der Waals surface area contributed by atoms with E-state index < -0.39 is 22.6 Å². The molecule has 20 heavy (non-hydrogen) atoms. The van der Waals surface area contributed by atoms with Crippen molar-refractivity contribution in [2.45, 2.75) is 44.2 Å². The molecule has 0 radical (unpaired) electrons. The second-order valence-corrected chi connectivity index (χ2v) is 18.8. The molecular formula is C11H16Br6O3. The van der Waals surface area contributed by atoms with Crippen LogP contribution in [-0.4, -0.2) is 22.6 Å². The van der Waals surface area contributed by atoms with Gasteiger partial charge in [0.05, 0.1) is 0 Å². The predicted molar refractivity (Wildman–Crippen MR) is 104 cm³/mol. The average molecular weight is 676 g/mol. The Hall–Kier alpha value is 2.15. The molecule has 0 saturated carbocycles. The summed E-state index contributed by atoms with van der Waals surface area (Å²) in [6.45, 7) is 7.78. The third-order valence-corrected chi connectivity index (χ3v) is 5.01. The highest BCUT2D eigenvalue weighted by atomic mass is 80.0. The van der Waals surface area contributed by atoms with Crippen molar-refractivity contribution >= 4 is 102 Å². The Kier molecular flexibility index (Phi) is 9.80. The maximum Gasteiger partial charge on any atom is 0.509 e. The first kappa shape index (κ1) is 22.1. The van der Waals surface area contributed by atoms with Crippen molar-refractivity contribution in [2.24, 2.45) is 11.8 Å². The maximum atomic E-state index is 12.0. The summed E-state index contributed by atoms with van der Waals surface area (Å²) in [5, 5.41) is 0. The summed E-state index contributed by atoms with van der Waals surface area (Å²) in [5.74, 6) is 0.166. The Morgan fingerprint density at radius 2 is 1.00 bits per heavy atom. The first-order valence-electron chi connectivity index (χ1n) is 5.77. The van der Waals surface area contributed by atoms with E-state index in [0.717, 1.165) is 0 Å². The lowest BCUT2D eigenvalue weighted by atomic mass is 10.1. The molecule has 0 heterocycles. The topological polar surface area (TPSA) is 35.5 Å². The molecule has 0 bridgehead atoms. The van der Waals surface area contributed by atoms with E-state index in [9.17, 15) is 4.79 Å². The molecule has 0 N–H and O–H groups in total. The number of alkyl halides is 6. The van der Waals surface area contributed by atoms with E-state index in [1.54, 1.807) is 0 Å². The van der Waals surface area contributed by atoms with Gasteiger partial charge in [0.25, 0.3) is 0 Å². The summed E-state index contributed by atoms with van der Waals surface area (Å²) >= 11 is 20.3. The van der Waals surface area contributed by atoms with Crippen LogP contribution in [0.4, 0.5) is 4.79 Å². The van der Waals surface area contributed by atoms with Gasteiger partial charge in [0.2, 0.25) is 0 Å². The summed E-state index contributed by atoms with van der Waals surface area (Å²) in [7, 11) is 0. The van der Waals surface area contributed by atoms with Gasteiger partial charge in [-0.15, -0.1) is 0 Å². The minimum Gasteiger partial charge on any atom is -0.427 e. The molecule has 0 aliphatic rings. The molecule has 0 saturated heterocycles. The van der Waals surface area contributed by atoms with E-state index >= 15 is 0 Å². The van der Waals surface area contributed by atoms with Crippen molar-refractivity contribution < 1.29 is 14.3 Å². The largest absolute Gasteiger partial charge is 0.509 e. The van der Waals surface area contributed by atoms with Gasteiger partial charge in [-0.2, -0.15) is 0 Å². The summed E-state index contributed by atoms with van der Waals surface area (Å²) in [6, 6.07) is 0. The van der Waals surface area contributed by atoms with Crippen molar-refractivity contribution in [1.82, 2.24) is 0 Å². The predicted octanol–water partition coefficient (Wildman–Crippen LogP) is 6.87. The number of ether oxygens (including phenoxy) is 2. The molecule has 0 rings (SSSR count). The van der Waals surface area contributed by atoms with Gasteiger partial charge in [-0.3, -0.25) is 0 Å². The molecule has 3 nitrogen and oxygen atoms in total. The second kappa shape index (κ2) is 8.85. The Balaban J connectivity index is 4.84. The van der Waals surface area contributed by atoms with Crippen molar-refractivity contribution in [2.75, 3.05) is 0 Å². The first-order chi connectivity index (χ1) is 8.76. The minimum absolute atomic E-state index is 0.0832. The Morgan fingerprint density at radius 3 is 1.15 bits per heavy atom. The zero-order chi connectivity index (χ0) is 16.3. The maximum absolute atomic E-state index is 12.0. The van der Waals surface area contributed by atoms with E-state index in [-0.39, 0.29) is 11.8 Å². The van der Waals surface area contributed by atoms with Crippen LogP contribution in [0.1, 0.15) is 27.7 Å². The van der Waals surface area contributed by atoms with Gasteiger partial charge in [-0.1, -0.05) is 123 Å². The number of hydrogen-bond donors (Lipinski definition) is 0. The number of hydrogen-bond acceptors (Lipinski definition) is 3. The lowest BCUT2D eigenvalue weighted by molar-refractivity contribution is -0.0173. The van der Waals surface area contributed by atoms with Crippen molar-refractivity contribution in [1.29, 1.82) is 0 Å². The zero-order valence-corrected chi connectivity index (χ0v) is 20.8. The Labute approximate surface area is 170 Å². The highest BCUT2D eigenvalue weighted by Crippen LogP contribution is 2.44. The van der Waals surface area contributed by atoms with E-state index in [1.807, 2.05) is 27.7 Å². The normalized spacial score (nSPS) is 16.2. The van der Waals surface area contributed by atoms with Crippen LogP contribution in [0.5, 0.6) is 0 Å². The molecule has 0 aliphatic carbocycles. The summed E-state index contributed by atoms with van der Waals surface area (Å²) in [5.41, 5.74) is 0. The fourth-order valence-electron chi connectivity index (χ4n) is 1.40. The summed E-state index contributed by atoms with van der Waals surface area (Å²) in [4.78, 5) is 12.0. The molecule has 0 amide bonds. The number of rotatable bonds is 4. The van der Waals surface area contributed by atoms with E-state index in [2.05, 4.69) is 95.6 Å². The van der Waals surface area contributed by atoms with Gasteiger partial charge in [-0.05, 0) is 11.8 Å². The number of carbonyl (C=O) groups is 1. The highest BCUT2D eigenvalue weighted by Gasteiger charge is 2.40. The van der Waals surface area contributed by atoms with E-state index in [4.69, 9.17) is 9.47 Å². The van der Waals surface area contributed by atoms with Gasteiger partial charge in [0.15, 0.2) is 4.29 Å². The van der Waals surface area contributed by atoms with Crippen molar-refractivity contribution in [3.63, 3.8) is 0 Å². The molecule has 2 atom stereocenters. The number of halogens is 6. The van der Waals surface area contributed by atoms with Crippen LogP contribution in [0.25, 0.3) is 0 Å². The van der Waals surface area contributed by atoms with Crippen LogP contribution < -0.4 is 0 Å². The fourth-order valence-corrected chi connectivity index (χ4v) is 5.13. The number of carbonyl (C=O) groups excluding carboxylic acids is 1. The van der Waals surface area contributed by atoms with Gasteiger partial charge in [0.1, 0.15) is 12.2 Å². The van der Waals surface area contributed by atoms with Crippen LogP contribution in [-0.2, 0) is 9.47 Å². The zero-order valence-electron chi connectivity index (χ0n) is 11.3. The van der Waals surface area contributed by atoms with Crippen molar-refractivity contribution in [3.8, 4) is 0 Å². The molecular weight excluding hydrogens is 660 g/mol. The standard InChI is InChI=1S/C11H16Br6O3/c1-5(2)7(10(12,13)14)19-9(18)20-8(6(3)4)11(15,16)17/h5-8H,1-4H3. The van der Waals surface area contributed by atoms with Crippen LogP contribution in [0.2, 0.25) is 0 Å². The molecule has 0 aromatic rings. The van der Waals surface area contributed by atoms with Crippen LogP contribution in [0.15, 0.2) is 0 Å². The molecule has 0 aromatic heterocycles. The fraction of sp³-hybridized carbons (Fsp3) is 0.909. The minimum atomic E-state index is -0.729. The third-order valence-electron chi connectivity index (χ3n) is 2.30. The molecule has 0 fully saturated rings. The van der Waals surface area contributed by atoms with Crippen molar-refractivity contribution in [3.05, 3.63) is 0 Å². The average Bonchev–Trinajstić information content (AvgIpc) is 2.18. The quantitative estimate of drug-likeness (QED) is 0.241. The Morgan fingerprint density at radius 1 is 0.750 bits per heavy atom. The van der Waals surface area contributed by atoms with Crippen LogP contribution in [0, 0.1) is 11.8 Å². The lowest BCUT2D eigenvalue weighted by Gasteiger charge is -2.32. The Bertz CT molecular complexity index is 291. The molecule has 0 aliphatic heterocycles. The molecule has 9 heteroatoms. The highest BCUT2D eigenvalue weighted by molar-refractivity contribution is 9.39. The van der Waals surface area contributed by atoms with Gasteiger partial charge >= 0.3 is 6.16 Å². The second-order valence-electron chi connectivity index (χ2n) is 4.90. The van der Waals surface area contributed by atoms with Crippen LogP contribution in [0.3, 0.4) is 0 Å². The smallest absolute Gasteiger partial charge is 0.427 e. The monoisotopic (exact) mass is 670 g/mol. The van der Waals surface area contributed by atoms with Gasteiger partial charge in [-0.25, -0.2) is 4.79 Å². The SMILES string of the molecule is CC(C)C(OC(=O)OC(C(C)C)C(Br)(Br)Br)C(Br)(Br)Br. The summed E-state index contributed by atoms with van der Waals surface area (Å²) < 4.78 is 9.39. The lowest BCUT2D eigenvalue weighted by Crippen LogP contribution is -2.39. The third kappa shape index (κ3) is 8.13. The molecule has 120 valence electrons. The van der Waals surface area contributed by atoms with E-state index in [0.29, 0.717) is 0 Å².